The predicted octanol–water partition coefficient (Wildman–Crippen LogP) is 3.00. The molecule has 0 bridgehead atoms. The zero-order chi connectivity index (χ0) is 14.0. The number of aromatic nitrogens is 1. The van der Waals surface area contributed by atoms with Gasteiger partial charge >= 0.3 is 11.7 Å². The van der Waals surface area contributed by atoms with Gasteiger partial charge < -0.3 is 9.72 Å². The van der Waals surface area contributed by atoms with E-state index in [-0.39, 0.29) is 16.4 Å². The van der Waals surface area contributed by atoms with E-state index in [0.717, 1.165) is 16.2 Å². The summed E-state index contributed by atoms with van der Waals surface area (Å²) in [5.41, 5.74) is 0.783. The molecule has 2 N–H and O–H groups in total. The Morgan fingerprint density at radius 1 is 1.58 bits per heavy atom. The lowest BCUT2D eigenvalue weighted by molar-refractivity contribution is -0.730. The van der Waals surface area contributed by atoms with Crippen LogP contribution in [0.2, 0.25) is 0 Å². The maximum atomic E-state index is 11.3. The average molecular weight is 346 g/mol. The number of H-pyrrole nitrogens is 1. The molecule has 0 atom stereocenters. The van der Waals surface area contributed by atoms with E-state index in [2.05, 4.69) is 25.7 Å². The Kier molecular flexibility index (Phi) is 4.11. The molecule has 0 aliphatic rings. The SMILES string of the molecule is COC(=O)CSc1[nH]c2ccc(Br)cc2c1[N+](=O)O. The third kappa shape index (κ3) is 2.90. The zero-order valence-corrected chi connectivity index (χ0v) is 12.2. The Morgan fingerprint density at radius 2 is 2.32 bits per heavy atom. The number of methoxy groups -OCH3 is 1. The number of rotatable bonds is 4. The van der Waals surface area contributed by atoms with Gasteiger partial charge in [-0.25, -0.2) is 5.21 Å². The van der Waals surface area contributed by atoms with Crippen LogP contribution in [0.25, 0.3) is 10.9 Å². The molecule has 19 heavy (non-hydrogen) atoms. The molecule has 0 saturated heterocycles. The molecule has 0 unspecified atom stereocenters. The molecule has 2 rings (SSSR count). The minimum atomic E-state index is -0.411. The number of benzene rings is 1. The molecule has 1 aromatic heterocycles. The molecule has 0 amide bonds. The molecule has 0 fully saturated rings. The van der Waals surface area contributed by atoms with Crippen LogP contribution in [0.1, 0.15) is 0 Å². The number of esters is 1. The van der Waals surface area contributed by atoms with Gasteiger partial charge in [-0.05, 0) is 18.2 Å². The minimum absolute atomic E-state index is 0.0470. The number of thioether (sulfide) groups is 1. The van der Waals surface area contributed by atoms with Gasteiger partial charge in [-0.15, -0.1) is 0 Å². The van der Waals surface area contributed by atoms with Gasteiger partial charge in [0.25, 0.3) is 4.92 Å². The monoisotopic (exact) mass is 345 g/mol. The lowest BCUT2D eigenvalue weighted by Gasteiger charge is -1.96. The largest absolute Gasteiger partial charge is 0.468 e. The highest BCUT2D eigenvalue weighted by Gasteiger charge is 2.27. The number of carbonyl (C=O) groups is 1. The van der Waals surface area contributed by atoms with Gasteiger partial charge in [-0.3, -0.25) is 4.79 Å². The van der Waals surface area contributed by atoms with Crippen LogP contribution in [-0.4, -0.2) is 33.9 Å². The normalized spacial score (nSPS) is 10.6. The highest BCUT2D eigenvalue weighted by molar-refractivity contribution is 9.10. The Labute approximate surface area is 120 Å². The van der Waals surface area contributed by atoms with Crippen LogP contribution in [-0.2, 0) is 9.53 Å². The van der Waals surface area contributed by atoms with Crippen LogP contribution in [0.3, 0.4) is 0 Å². The quantitative estimate of drug-likeness (QED) is 0.505. The van der Waals surface area contributed by atoms with Crippen LogP contribution < -0.4 is 0 Å². The van der Waals surface area contributed by atoms with E-state index in [1.165, 1.54) is 7.11 Å². The molecule has 100 valence electrons. The van der Waals surface area contributed by atoms with Crippen LogP contribution in [0.5, 0.6) is 0 Å². The summed E-state index contributed by atoms with van der Waals surface area (Å²) in [6.45, 7) is 0. The minimum Gasteiger partial charge on any atom is -0.468 e. The van der Waals surface area contributed by atoms with E-state index in [1.54, 1.807) is 12.1 Å². The van der Waals surface area contributed by atoms with Gasteiger partial charge in [-0.2, -0.15) is 0 Å². The van der Waals surface area contributed by atoms with Gasteiger partial charge in [0.2, 0.25) is 0 Å². The molecule has 0 saturated carbocycles. The highest BCUT2D eigenvalue weighted by Crippen LogP contribution is 2.37. The van der Waals surface area contributed by atoms with E-state index >= 15 is 0 Å². The van der Waals surface area contributed by atoms with Crippen molar-refractivity contribution < 1.29 is 19.7 Å². The summed E-state index contributed by atoms with van der Waals surface area (Å²) in [5, 5.41) is 10.2. The van der Waals surface area contributed by atoms with Crippen molar-refractivity contribution in [3.8, 4) is 0 Å². The van der Waals surface area contributed by atoms with Gasteiger partial charge in [-0.1, -0.05) is 27.7 Å². The summed E-state index contributed by atoms with van der Waals surface area (Å²) >= 11 is 4.39. The average Bonchev–Trinajstić information content (AvgIpc) is 2.73. The molecule has 2 aromatic rings. The molecule has 0 aliphatic heterocycles. The fraction of sp³-hybridized carbons (Fsp3) is 0.182. The maximum absolute atomic E-state index is 11.3. The van der Waals surface area contributed by atoms with Crippen molar-refractivity contribution >= 4 is 50.3 Å². The number of ether oxygens (including phenoxy) is 1. The molecule has 0 spiro atoms. The second-order valence-corrected chi connectivity index (χ2v) is 5.53. The number of nitrogens with one attached hydrogen (secondary N) is 1. The first kappa shape index (κ1) is 13.9. The van der Waals surface area contributed by atoms with E-state index < -0.39 is 5.97 Å². The Bertz CT molecular complexity index is 655. The van der Waals surface area contributed by atoms with Gasteiger partial charge in [0.05, 0.1) is 28.7 Å². The van der Waals surface area contributed by atoms with Crippen molar-refractivity contribution in [1.82, 2.24) is 4.98 Å². The third-order valence-electron chi connectivity index (χ3n) is 2.45. The summed E-state index contributed by atoms with van der Waals surface area (Å²) in [4.78, 5) is 25.2. The van der Waals surface area contributed by atoms with Crippen molar-refractivity contribution in [2.24, 2.45) is 0 Å². The molecular formula is C11H10BrN2O4S+. The summed E-state index contributed by atoms with van der Waals surface area (Å²) in [7, 11) is 1.29. The number of nitrogens with zero attached hydrogens (tertiary/aromatic N) is 1. The summed E-state index contributed by atoms with van der Waals surface area (Å²) in [5.74, 6) is -0.364. The first-order valence-corrected chi connectivity index (χ1v) is 6.97. The zero-order valence-electron chi connectivity index (χ0n) is 9.84. The Balaban J connectivity index is 2.45. The molecule has 0 aliphatic carbocycles. The Hall–Kier alpha value is -1.54. The van der Waals surface area contributed by atoms with Gasteiger partial charge in [0.15, 0.2) is 5.03 Å². The molecule has 6 nitrogen and oxygen atoms in total. The summed E-state index contributed by atoms with van der Waals surface area (Å²) in [6.07, 6.45) is 0. The number of hydrogen-bond acceptors (Lipinski definition) is 4. The maximum Gasteiger partial charge on any atom is 0.355 e. The summed E-state index contributed by atoms with van der Waals surface area (Å²) in [6, 6.07) is 5.29. The highest BCUT2D eigenvalue weighted by atomic mass is 79.9. The van der Waals surface area contributed by atoms with E-state index in [9.17, 15) is 14.9 Å². The predicted molar refractivity (Wildman–Crippen MR) is 73.8 cm³/mol. The van der Waals surface area contributed by atoms with E-state index in [0.29, 0.717) is 15.9 Å². The van der Waals surface area contributed by atoms with E-state index in [4.69, 9.17) is 0 Å². The molecule has 0 radical (unpaired) electrons. The van der Waals surface area contributed by atoms with Crippen molar-refractivity contribution in [1.29, 1.82) is 0 Å². The smallest absolute Gasteiger partial charge is 0.355 e. The van der Waals surface area contributed by atoms with Crippen molar-refractivity contribution in [2.45, 2.75) is 5.03 Å². The number of hydrogen-bond donors (Lipinski definition) is 2. The van der Waals surface area contributed by atoms with E-state index in [1.807, 2.05) is 6.07 Å². The number of halogens is 1. The molecule has 1 heterocycles. The van der Waals surface area contributed by atoms with Crippen molar-refractivity contribution in [2.75, 3.05) is 12.9 Å². The van der Waals surface area contributed by atoms with Crippen molar-refractivity contribution in [3.05, 3.63) is 27.6 Å². The van der Waals surface area contributed by atoms with Crippen LogP contribution in [0, 0.1) is 4.91 Å². The molecular weight excluding hydrogens is 336 g/mol. The second kappa shape index (κ2) is 5.62. The van der Waals surface area contributed by atoms with Gasteiger partial charge in [0, 0.05) is 4.47 Å². The lowest BCUT2D eigenvalue weighted by Crippen LogP contribution is -2.03. The third-order valence-corrected chi connectivity index (χ3v) is 3.91. The van der Waals surface area contributed by atoms with Crippen LogP contribution >= 0.6 is 27.7 Å². The van der Waals surface area contributed by atoms with Crippen LogP contribution in [0.15, 0.2) is 27.7 Å². The molecule has 8 heteroatoms. The molecule has 1 aromatic carbocycles. The number of fused-ring (bicyclic) bond motifs is 1. The first-order valence-electron chi connectivity index (χ1n) is 5.20. The standard InChI is InChI=1S/C11H10BrN2O4S/c1-18-9(15)5-19-11-10(14(16)17)7-4-6(12)2-3-8(7)13-11/h2-4,13H,5H2,1H3,(H,16,17)/q+1. The van der Waals surface area contributed by atoms with Crippen LogP contribution in [0.4, 0.5) is 5.69 Å². The van der Waals surface area contributed by atoms with Crippen molar-refractivity contribution in [3.63, 3.8) is 0 Å². The fourth-order valence-corrected chi connectivity index (χ4v) is 2.86. The Morgan fingerprint density at radius 3 is 2.95 bits per heavy atom. The summed E-state index contributed by atoms with van der Waals surface area (Å²) < 4.78 is 5.31. The van der Waals surface area contributed by atoms with Gasteiger partial charge in [0.1, 0.15) is 0 Å². The topological polar surface area (TPSA) is 82.4 Å². The number of carbonyl (C=O) groups excluding carboxylic acids is 1. The second-order valence-electron chi connectivity index (χ2n) is 3.63. The fourth-order valence-electron chi connectivity index (χ4n) is 1.61. The lowest BCUT2D eigenvalue weighted by atomic mass is 10.2. The number of aromatic amines is 1. The first-order chi connectivity index (χ1) is 9.02.